The average molecular weight is 301 g/mol. The Hall–Kier alpha value is -1.23. The number of hydrogen-bond acceptors (Lipinski definition) is 3. The minimum atomic E-state index is -0.478. The van der Waals surface area contributed by atoms with Crippen molar-refractivity contribution in [3.63, 3.8) is 0 Å². The summed E-state index contributed by atoms with van der Waals surface area (Å²) < 4.78 is 0.740. The summed E-state index contributed by atoms with van der Waals surface area (Å²) in [5.74, 6) is -0.478. The molecule has 3 nitrogen and oxygen atoms in total. The summed E-state index contributed by atoms with van der Waals surface area (Å²) >= 11 is 13.4. The summed E-state index contributed by atoms with van der Waals surface area (Å²) in [6.45, 7) is 0.597. The molecule has 2 rings (SSSR count). The van der Waals surface area contributed by atoms with Gasteiger partial charge in [-0.1, -0.05) is 23.2 Å². The molecule has 1 aromatic carbocycles. The van der Waals surface area contributed by atoms with Crippen LogP contribution in [-0.2, 0) is 6.54 Å². The highest BCUT2D eigenvalue weighted by atomic mass is 35.5. The molecule has 1 amide bonds. The number of benzene rings is 1. The molecular weight excluding hydrogens is 291 g/mol. The Bertz CT molecular complexity index is 583. The van der Waals surface area contributed by atoms with Crippen molar-refractivity contribution >= 4 is 46.1 Å². The fourth-order valence-corrected chi connectivity index (χ4v) is 2.65. The van der Waals surface area contributed by atoms with Gasteiger partial charge in [-0.2, -0.15) is 0 Å². The van der Waals surface area contributed by atoms with Crippen molar-refractivity contribution in [2.45, 2.75) is 6.54 Å². The maximum atomic E-state index is 11.1. The zero-order chi connectivity index (χ0) is 13.1. The van der Waals surface area contributed by atoms with Crippen LogP contribution in [-0.4, -0.2) is 5.91 Å². The normalized spacial score (nSPS) is 10.3. The van der Waals surface area contributed by atoms with Gasteiger partial charge in [0.2, 0.25) is 5.91 Å². The molecule has 0 atom stereocenters. The topological polar surface area (TPSA) is 55.1 Å². The molecule has 0 fully saturated rings. The molecular formula is C12H10Cl2N2OS. The molecule has 0 spiro atoms. The Labute approximate surface area is 119 Å². The van der Waals surface area contributed by atoms with Crippen molar-refractivity contribution < 1.29 is 4.79 Å². The minimum absolute atomic E-state index is 0.422. The number of rotatable bonds is 4. The van der Waals surface area contributed by atoms with Gasteiger partial charge in [-0.3, -0.25) is 4.79 Å². The van der Waals surface area contributed by atoms with Gasteiger partial charge in [0.15, 0.2) is 0 Å². The second-order valence-electron chi connectivity index (χ2n) is 3.62. The molecule has 0 saturated heterocycles. The number of anilines is 1. The molecule has 6 heteroatoms. The van der Waals surface area contributed by atoms with E-state index in [4.69, 9.17) is 28.9 Å². The van der Waals surface area contributed by atoms with Gasteiger partial charge in [-0.15, -0.1) is 11.3 Å². The maximum Gasteiger partial charge on any atom is 0.248 e. The Morgan fingerprint density at radius 3 is 2.67 bits per heavy atom. The van der Waals surface area contributed by atoms with Crippen LogP contribution < -0.4 is 11.1 Å². The van der Waals surface area contributed by atoms with E-state index < -0.39 is 5.91 Å². The second-order valence-corrected chi connectivity index (χ2v) is 5.83. The van der Waals surface area contributed by atoms with Crippen LogP contribution in [0.4, 0.5) is 5.69 Å². The molecule has 18 heavy (non-hydrogen) atoms. The maximum absolute atomic E-state index is 11.1. The van der Waals surface area contributed by atoms with E-state index in [-0.39, 0.29) is 0 Å². The van der Waals surface area contributed by atoms with Gasteiger partial charge < -0.3 is 11.1 Å². The first-order valence-electron chi connectivity index (χ1n) is 5.13. The Morgan fingerprint density at radius 2 is 2.06 bits per heavy atom. The fourth-order valence-electron chi connectivity index (χ4n) is 1.44. The average Bonchev–Trinajstić information content (AvgIpc) is 2.74. The zero-order valence-corrected chi connectivity index (χ0v) is 11.6. The van der Waals surface area contributed by atoms with Crippen LogP contribution in [0.5, 0.6) is 0 Å². The third-order valence-electron chi connectivity index (χ3n) is 2.33. The zero-order valence-electron chi connectivity index (χ0n) is 9.24. The summed E-state index contributed by atoms with van der Waals surface area (Å²) in [4.78, 5) is 12.2. The van der Waals surface area contributed by atoms with Gasteiger partial charge in [0.05, 0.1) is 15.0 Å². The lowest BCUT2D eigenvalue weighted by Crippen LogP contribution is -2.11. The van der Waals surface area contributed by atoms with E-state index in [1.807, 2.05) is 12.1 Å². The molecule has 1 aromatic heterocycles. The van der Waals surface area contributed by atoms with E-state index in [0.717, 1.165) is 9.21 Å². The van der Waals surface area contributed by atoms with E-state index in [1.54, 1.807) is 18.2 Å². The first-order chi connectivity index (χ1) is 8.56. The Kier molecular flexibility index (Phi) is 4.11. The summed E-state index contributed by atoms with van der Waals surface area (Å²) in [5.41, 5.74) is 6.32. The number of halogens is 2. The SMILES string of the molecule is NC(=O)c1ccc(Cl)c(NCc2ccc(Cl)s2)c1. The molecule has 0 saturated carbocycles. The summed E-state index contributed by atoms with van der Waals surface area (Å²) in [5, 5.41) is 3.69. The fraction of sp³-hybridized carbons (Fsp3) is 0.0833. The molecule has 1 heterocycles. The molecule has 2 aromatic rings. The van der Waals surface area contributed by atoms with Gasteiger partial charge in [-0.25, -0.2) is 0 Å². The van der Waals surface area contributed by atoms with E-state index in [1.165, 1.54) is 11.3 Å². The number of carbonyl (C=O) groups excluding carboxylic acids is 1. The highest BCUT2D eigenvalue weighted by molar-refractivity contribution is 7.16. The van der Waals surface area contributed by atoms with Gasteiger partial charge in [0.1, 0.15) is 0 Å². The summed E-state index contributed by atoms with van der Waals surface area (Å²) in [7, 11) is 0. The lowest BCUT2D eigenvalue weighted by Gasteiger charge is -2.08. The molecule has 0 unspecified atom stereocenters. The number of hydrogen-bond donors (Lipinski definition) is 2. The van der Waals surface area contributed by atoms with E-state index in [2.05, 4.69) is 5.32 Å². The van der Waals surface area contributed by atoms with Crippen molar-refractivity contribution in [2.75, 3.05) is 5.32 Å². The van der Waals surface area contributed by atoms with Crippen molar-refractivity contribution in [1.82, 2.24) is 0 Å². The molecule has 0 aliphatic carbocycles. The number of primary amides is 1. The summed E-state index contributed by atoms with van der Waals surface area (Å²) in [6, 6.07) is 8.65. The standard InChI is InChI=1S/C12H10Cl2N2OS/c13-9-3-1-7(12(15)17)5-10(9)16-6-8-2-4-11(14)18-8/h1-5,16H,6H2,(H2,15,17). The van der Waals surface area contributed by atoms with Gasteiger partial charge in [-0.05, 0) is 30.3 Å². The van der Waals surface area contributed by atoms with Crippen LogP contribution >= 0.6 is 34.5 Å². The molecule has 0 aliphatic heterocycles. The van der Waals surface area contributed by atoms with Gasteiger partial charge in [0, 0.05) is 17.0 Å². The molecule has 0 aliphatic rings. The lowest BCUT2D eigenvalue weighted by atomic mass is 10.2. The van der Waals surface area contributed by atoms with Gasteiger partial charge >= 0.3 is 0 Å². The largest absolute Gasteiger partial charge is 0.379 e. The Balaban J connectivity index is 2.13. The van der Waals surface area contributed by atoms with Crippen LogP contribution in [0.25, 0.3) is 0 Å². The van der Waals surface area contributed by atoms with Crippen molar-refractivity contribution in [2.24, 2.45) is 5.73 Å². The molecule has 0 radical (unpaired) electrons. The third-order valence-corrected chi connectivity index (χ3v) is 3.89. The van der Waals surface area contributed by atoms with Crippen LogP contribution in [0, 0.1) is 0 Å². The number of nitrogens with one attached hydrogen (secondary N) is 1. The van der Waals surface area contributed by atoms with Gasteiger partial charge in [0.25, 0.3) is 0 Å². The quantitative estimate of drug-likeness (QED) is 0.903. The van der Waals surface area contributed by atoms with Crippen LogP contribution in [0.1, 0.15) is 15.2 Å². The Morgan fingerprint density at radius 1 is 1.28 bits per heavy atom. The number of thiophene rings is 1. The lowest BCUT2D eigenvalue weighted by molar-refractivity contribution is 0.100. The van der Waals surface area contributed by atoms with Crippen molar-refractivity contribution in [1.29, 1.82) is 0 Å². The minimum Gasteiger partial charge on any atom is -0.379 e. The molecule has 3 N–H and O–H groups in total. The van der Waals surface area contributed by atoms with Crippen molar-refractivity contribution in [3.8, 4) is 0 Å². The number of amides is 1. The highest BCUT2D eigenvalue weighted by Gasteiger charge is 2.06. The van der Waals surface area contributed by atoms with Crippen molar-refractivity contribution in [3.05, 3.63) is 50.1 Å². The van der Waals surface area contributed by atoms with Crippen LogP contribution in [0.15, 0.2) is 30.3 Å². The monoisotopic (exact) mass is 300 g/mol. The highest BCUT2D eigenvalue weighted by Crippen LogP contribution is 2.26. The first-order valence-corrected chi connectivity index (χ1v) is 6.71. The van der Waals surface area contributed by atoms with E-state index >= 15 is 0 Å². The smallest absolute Gasteiger partial charge is 0.248 e. The first kappa shape index (κ1) is 13.2. The van der Waals surface area contributed by atoms with E-state index in [9.17, 15) is 4.79 Å². The molecule has 0 bridgehead atoms. The summed E-state index contributed by atoms with van der Waals surface area (Å²) in [6.07, 6.45) is 0. The van der Waals surface area contributed by atoms with Crippen LogP contribution in [0.2, 0.25) is 9.36 Å². The number of nitrogens with two attached hydrogens (primary N) is 1. The molecule has 94 valence electrons. The van der Waals surface area contributed by atoms with E-state index in [0.29, 0.717) is 22.8 Å². The second kappa shape index (κ2) is 5.61. The number of carbonyl (C=O) groups is 1. The predicted octanol–water partition coefficient (Wildman–Crippen LogP) is 3.77. The van der Waals surface area contributed by atoms with Crippen LogP contribution in [0.3, 0.4) is 0 Å². The predicted molar refractivity (Wildman–Crippen MR) is 76.6 cm³/mol. The third kappa shape index (κ3) is 3.16.